The number of fused-ring (bicyclic) bond motifs is 1. The van der Waals surface area contributed by atoms with Crippen LogP contribution in [0.4, 0.5) is 17.1 Å². The summed E-state index contributed by atoms with van der Waals surface area (Å²) in [5.41, 5.74) is 2.91. The van der Waals surface area contributed by atoms with Crippen molar-refractivity contribution < 1.29 is 9.85 Å². The molecule has 0 fully saturated rings. The van der Waals surface area contributed by atoms with E-state index in [1.165, 1.54) is 12.1 Å². The van der Waals surface area contributed by atoms with Gasteiger partial charge in [-0.1, -0.05) is 42.5 Å². The predicted molar refractivity (Wildman–Crippen MR) is 94.3 cm³/mol. The van der Waals surface area contributed by atoms with Crippen LogP contribution in [0.3, 0.4) is 0 Å². The third kappa shape index (κ3) is 3.69. The van der Waals surface area contributed by atoms with Crippen LogP contribution in [0.2, 0.25) is 0 Å². The van der Waals surface area contributed by atoms with E-state index in [1.807, 2.05) is 24.3 Å². The Morgan fingerprint density at radius 1 is 1.04 bits per heavy atom. The number of nitrogens with zero attached hydrogens (tertiary/aromatic N) is 3. The number of non-ortho nitro benzene ring substituents is 1. The molecule has 8 nitrogen and oxygen atoms in total. The minimum atomic E-state index is -0.682. The van der Waals surface area contributed by atoms with E-state index in [0.717, 1.165) is 11.6 Å². The van der Waals surface area contributed by atoms with Gasteiger partial charge in [0.25, 0.3) is 5.69 Å². The number of allylic oxidation sites excluding steroid dienone is 8. The summed E-state index contributed by atoms with van der Waals surface area (Å²) in [6.07, 6.45) is 15.9. The average Bonchev–Trinajstić information content (AvgIpc) is 2.55. The molecule has 1 aromatic carbocycles. The van der Waals surface area contributed by atoms with Crippen molar-refractivity contribution in [3.63, 3.8) is 0 Å². The Morgan fingerprint density at radius 3 is 2.60 bits per heavy atom. The van der Waals surface area contributed by atoms with Crippen molar-refractivity contribution in [1.82, 2.24) is 0 Å². The number of nitrogens with one attached hydrogen (secondary N) is 1. The maximum Gasteiger partial charge on any atom is 0.301 e. The van der Waals surface area contributed by atoms with Crippen molar-refractivity contribution in [3.05, 3.63) is 86.5 Å². The monoisotopic (exact) mass is 338 g/mol. The van der Waals surface area contributed by atoms with E-state index in [0.29, 0.717) is 0 Å². The van der Waals surface area contributed by atoms with E-state index >= 15 is 0 Å². The van der Waals surface area contributed by atoms with E-state index in [1.54, 1.807) is 6.21 Å². The summed E-state index contributed by atoms with van der Waals surface area (Å²) >= 11 is 0. The molecule has 1 aromatic rings. The van der Waals surface area contributed by atoms with Gasteiger partial charge in [0, 0.05) is 17.9 Å². The average molecular weight is 338 g/mol. The summed E-state index contributed by atoms with van der Waals surface area (Å²) in [7, 11) is 0. The second kappa shape index (κ2) is 6.91. The number of rotatable bonds is 5. The molecular weight excluding hydrogens is 324 g/mol. The molecule has 2 atom stereocenters. The Hall–Kier alpha value is -3.55. The van der Waals surface area contributed by atoms with E-state index in [2.05, 4.69) is 28.8 Å². The lowest BCUT2D eigenvalue weighted by molar-refractivity contribution is -0.393. The topological polar surface area (TPSA) is 111 Å². The highest BCUT2D eigenvalue weighted by molar-refractivity contribution is 5.82. The predicted octanol–water partition coefficient (Wildman–Crippen LogP) is 3.76. The van der Waals surface area contributed by atoms with Crippen LogP contribution in [0, 0.1) is 32.1 Å². The van der Waals surface area contributed by atoms with Crippen molar-refractivity contribution in [1.29, 1.82) is 0 Å². The Balaban J connectivity index is 1.80. The maximum absolute atomic E-state index is 11.1. The van der Waals surface area contributed by atoms with Gasteiger partial charge in [0.05, 0.1) is 22.1 Å². The fraction of sp³-hybridized carbons (Fsp3) is 0.118. The molecule has 4 rings (SSSR count). The summed E-state index contributed by atoms with van der Waals surface area (Å²) in [4.78, 5) is 20.5. The molecule has 1 N–H and O–H groups in total. The first kappa shape index (κ1) is 16.3. The van der Waals surface area contributed by atoms with Crippen LogP contribution < -0.4 is 5.43 Å². The van der Waals surface area contributed by atoms with Gasteiger partial charge in [-0.05, 0) is 11.6 Å². The molecule has 3 aliphatic rings. The fourth-order valence-electron chi connectivity index (χ4n) is 2.60. The summed E-state index contributed by atoms with van der Waals surface area (Å²) < 4.78 is 0. The number of nitro benzene ring substituents is 2. The second-order valence-corrected chi connectivity index (χ2v) is 5.51. The quantitative estimate of drug-likeness (QED) is 0.380. The lowest BCUT2D eigenvalue weighted by Gasteiger charge is -2.18. The molecule has 8 heteroatoms. The molecule has 0 unspecified atom stereocenters. The fourth-order valence-corrected chi connectivity index (χ4v) is 2.60. The number of nitro groups is 2. The molecule has 0 aromatic heterocycles. The number of hydrogen-bond donors (Lipinski definition) is 1. The van der Waals surface area contributed by atoms with Crippen molar-refractivity contribution in [3.8, 4) is 0 Å². The van der Waals surface area contributed by atoms with E-state index in [9.17, 15) is 20.2 Å². The molecule has 0 saturated heterocycles. The zero-order valence-corrected chi connectivity index (χ0v) is 13.0. The summed E-state index contributed by atoms with van der Waals surface area (Å²) in [5, 5.41) is 25.9. The van der Waals surface area contributed by atoms with Gasteiger partial charge in [-0.3, -0.25) is 25.7 Å². The van der Waals surface area contributed by atoms with E-state index in [-0.39, 0.29) is 23.2 Å². The Labute approximate surface area is 142 Å². The minimum absolute atomic E-state index is 0.0921. The highest BCUT2D eigenvalue weighted by atomic mass is 16.6. The molecule has 0 radical (unpaired) electrons. The van der Waals surface area contributed by atoms with Gasteiger partial charge in [-0.15, -0.1) is 0 Å². The SMILES string of the molecule is O=[N+]([O-])c1ccc(N/N=C/C2=C[C@@H]3C=CC=C[C@H]2C=C3)c([N+](=O)[O-])c1. The number of hydrogen-bond acceptors (Lipinski definition) is 6. The van der Waals surface area contributed by atoms with Crippen LogP contribution in [0.5, 0.6) is 0 Å². The Kier molecular flexibility index (Phi) is 4.51. The van der Waals surface area contributed by atoms with Crippen LogP contribution >= 0.6 is 0 Å². The van der Waals surface area contributed by atoms with Gasteiger partial charge < -0.3 is 0 Å². The highest BCUT2D eigenvalue weighted by Crippen LogP contribution is 2.29. The Morgan fingerprint density at radius 2 is 1.84 bits per heavy atom. The number of anilines is 1. The molecule has 0 aliphatic heterocycles. The summed E-state index contributed by atoms with van der Waals surface area (Å²) in [5.74, 6) is 0.287. The van der Waals surface area contributed by atoms with Gasteiger partial charge in [-0.25, -0.2) is 0 Å². The van der Waals surface area contributed by atoms with Crippen LogP contribution in [0.25, 0.3) is 0 Å². The van der Waals surface area contributed by atoms with Crippen molar-refractivity contribution in [2.45, 2.75) is 0 Å². The molecule has 126 valence electrons. The normalized spacial score (nSPS) is 21.0. The van der Waals surface area contributed by atoms with Gasteiger partial charge in [0.2, 0.25) is 0 Å². The van der Waals surface area contributed by atoms with Gasteiger partial charge >= 0.3 is 5.69 Å². The van der Waals surface area contributed by atoms with Crippen LogP contribution in [0.15, 0.2) is 71.4 Å². The van der Waals surface area contributed by atoms with Crippen LogP contribution in [-0.4, -0.2) is 16.1 Å². The zero-order chi connectivity index (χ0) is 17.8. The molecule has 0 saturated carbocycles. The molecule has 25 heavy (non-hydrogen) atoms. The zero-order valence-electron chi connectivity index (χ0n) is 13.0. The van der Waals surface area contributed by atoms with E-state index in [4.69, 9.17) is 0 Å². The van der Waals surface area contributed by atoms with Crippen LogP contribution in [0.1, 0.15) is 0 Å². The standard InChI is InChI=1S/C17H14N4O4/c22-20(23)15-7-8-16(17(10-15)21(24)25)19-18-11-14-9-12-3-1-2-4-13(14)6-5-12/h1-13,19H/b3-1?,4-2?,18-11+/t12-,13+/m1/s1. The third-order valence-corrected chi connectivity index (χ3v) is 3.86. The molecule has 0 spiro atoms. The molecule has 0 heterocycles. The first-order valence-electron chi connectivity index (χ1n) is 7.51. The lowest BCUT2D eigenvalue weighted by atomic mass is 9.87. The third-order valence-electron chi connectivity index (χ3n) is 3.86. The van der Waals surface area contributed by atoms with Crippen molar-refractivity contribution >= 4 is 23.3 Å². The molecular formula is C17H14N4O4. The second-order valence-electron chi connectivity index (χ2n) is 5.51. The van der Waals surface area contributed by atoms with Crippen molar-refractivity contribution in [2.24, 2.45) is 16.9 Å². The molecule has 3 aliphatic carbocycles. The summed E-state index contributed by atoms with van der Waals surface area (Å²) in [6, 6.07) is 3.37. The summed E-state index contributed by atoms with van der Waals surface area (Å²) in [6.45, 7) is 0. The smallest absolute Gasteiger partial charge is 0.272 e. The molecule has 0 amide bonds. The first-order valence-corrected chi connectivity index (χ1v) is 7.51. The minimum Gasteiger partial charge on any atom is -0.272 e. The van der Waals surface area contributed by atoms with Gasteiger partial charge in [0.1, 0.15) is 5.69 Å². The van der Waals surface area contributed by atoms with Gasteiger partial charge in [0.15, 0.2) is 0 Å². The number of benzene rings is 1. The lowest BCUT2D eigenvalue weighted by Crippen LogP contribution is -2.09. The Bertz CT molecular complexity index is 867. The molecule has 2 bridgehead atoms. The first-order chi connectivity index (χ1) is 12.0. The van der Waals surface area contributed by atoms with Crippen molar-refractivity contribution in [2.75, 3.05) is 5.43 Å². The van der Waals surface area contributed by atoms with E-state index < -0.39 is 15.5 Å². The van der Waals surface area contributed by atoms with Crippen LogP contribution in [-0.2, 0) is 0 Å². The maximum atomic E-state index is 11.1. The van der Waals surface area contributed by atoms with Gasteiger partial charge in [-0.2, -0.15) is 5.10 Å². The largest absolute Gasteiger partial charge is 0.301 e. The number of hydrazone groups is 1. The highest BCUT2D eigenvalue weighted by Gasteiger charge is 2.19.